The molecule has 0 bridgehead atoms. The van der Waals surface area contributed by atoms with E-state index in [9.17, 15) is 14.0 Å². The lowest BCUT2D eigenvalue weighted by Crippen LogP contribution is -2.12. The molecule has 1 aromatic carbocycles. The first-order valence-electron chi connectivity index (χ1n) is 8.57. The molecule has 140 valence electrons. The van der Waals surface area contributed by atoms with Crippen molar-refractivity contribution in [1.29, 1.82) is 0 Å². The third-order valence-electron chi connectivity index (χ3n) is 3.92. The van der Waals surface area contributed by atoms with E-state index in [2.05, 4.69) is 4.98 Å². The van der Waals surface area contributed by atoms with Crippen molar-refractivity contribution in [3.8, 4) is 0 Å². The molecule has 0 spiro atoms. The summed E-state index contributed by atoms with van der Waals surface area (Å²) in [6.07, 6.45) is 2.10. The SMILES string of the molecule is CCOC(=O)Cc1csc(CC(=O)c2cccn2Cc2ccc(F)cc2)n1. The number of thiazole rings is 1. The monoisotopic (exact) mass is 386 g/mol. The second kappa shape index (κ2) is 8.73. The van der Waals surface area contributed by atoms with Crippen molar-refractivity contribution in [2.24, 2.45) is 0 Å². The molecule has 7 heteroatoms. The Morgan fingerprint density at radius 1 is 1.19 bits per heavy atom. The van der Waals surface area contributed by atoms with Crippen LogP contribution >= 0.6 is 11.3 Å². The number of benzene rings is 1. The zero-order valence-electron chi connectivity index (χ0n) is 14.9. The molecule has 0 unspecified atom stereocenters. The number of carbonyl (C=O) groups excluding carboxylic acids is 2. The zero-order chi connectivity index (χ0) is 19.2. The van der Waals surface area contributed by atoms with E-state index in [0.29, 0.717) is 29.5 Å². The standard InChI is InChI=1S/C20H19FN2O3S/c1-2-26-20(25)10-16-13-27-19(22-16)11-18(24)17-4-3-9-23(17)12-14-5-7-15(21)8-6-14/h3-9,13H,2,10-12H2,1H3. The topological polar surface area (TPSA) is 61.2 Å². The predicted octanol–water partition coefficient (Wildman–Crippen LogP) is 3.66. The van der Waals surface area contributed by atoms with E-state index in [1.165, 1.54) is 23.5 Å². The lowest BCUT2D eigenvalue weighted by Gasteiger charge is -2.08. The highest BCUT2D eigenvalue weighted by atomic mass is 32.1. The van der Waals surface area contributed by atoms with Crippen LogP contribution in [-0.2, 0) is 28.9 Å². The molecule has 3 rings (SSSR count). The molecule has 2 heterocycles. The molecule has 0 saturated heterocycles. The molecular formula is C20H19FN2O3S. The number of aromatic nitrogens is 2. The van der Waals surface area contributed by atoms with Crippen LogP contribution in [0.15, 0.2) is 48.0 Å². The summed E-state index contributed by atoms with van der Waals surface area (Å²) in [5.41, 5.74) is 2.09. The summed E-state index contributed by atoms with van der Waals surface area (Å²) in [6.45, 7) is 2.57. The molecule has 3 aromatic rings. The minimum absolute atomic E-state index is 0.0563. The van der Waals surface area contributed by atoms with Gasteiger partial charge in [-0.25, -0.2) is 9.37 Å². The molecule has 0 aliphatic heterocycles. The first kappa shape index (κ1) is 19.0. The minimum Gasteiger partial charge on any atom is -0.466 e. The summed E-state index contributed by atoms with van der Waals surface area (Å²) in [5, 5.41) is 2.44. The fourth-order valence-electron chi connectivity index (χ4n) is 2.69. The number of hydrogen-bond acceptors (Lipinski definition) is 5. The van der Waals surface area contributed by atoms with Gasteiger partial charge in [0.1, 0.15) is 10.8 Å². The maximum absolute atomic E-state index is 13.0. The summed E-state index contributed by atoms with van der Waals surface area (Å²) in [4.78, 5) is 28.5. The second-order valence-electron chi connectivity index (χ2n) is 5.96. The van der Waals surface area contributed by atoms with E-state index in [1.807, 2.05) is 16.8 Å². The third kappa shape index (κ3) is 5.10. The van der Waals surface area contributed by atoms with E-state index in [-0.39, 0.29) is 30.4 Å². The van der Waals surface area contributed by atoms with E-state index in [4.69, 9.17) is 4.74 Å². The van der Waals surface area contributed by atoms with Gasteiger partial charge in [-0.2, -0.15) is 0 Å². The fourth-order valence-corrected chi connectivity index (χ4v) is 3.48. The van der Waals surface area contributed by atoms with Gasteiger partial charge in [0.25, 0.3) is 0 Å². The van der Waals surface area contributed by atoms with Crippen LogP contribution in [0.1, 0.15) is 33.7 Å². The lowest BCUT2D eigenvalue weighted by molar-refractivity contribution is -0.142. The summed E-state index contributed by atoms with van der Waals surface area (Å²) >= 11 is 1.36. The van der Waals surface area contributed by atoms with E-state index in [0.717, 1.165) is 5.56 Å². The molecule has 0 radical (unpaired) electrons. The number of hydrogen-bond donors (Lipinski definition) is 0. The Balaban J connectivity index is 1.65. The molecule has 0 N–H and O–H groups in total. The van der Waals surface area contributed by atoms with Crippen molar-refractivity contribution in [2.45, 2.75) is 26.3 Å². The molecule has 2 aromatic heterocycles. The normalized spacial score (nSPS) is 10.7. The van der Waals surface area contributed by atoms with Crippen LogP contribution in [0.3, 0.4) is 0 Å². The highest BCUT2D eigenvalue weighted by Crippen LogP contribution is 2.16. The van der Waals surface area contributed by atoms with Gasteiger partial charge in [-0.1, -0.05) is 12.1 Å². The average Bonchev–Trinajstić information content (AvgIpc) is 3.26. The van der Waals surface area contributed by atoms with Gasteiger partial charge in [-0.05, 0) is 36.8 Å². The van der Waals surface area contributed by atoms with Gasteiger partial charge in [0.05, 0.1) is 30.8 Å². The Labute approximate surface area is 160 Å². The molecule has 0 atom stereocenters. The summed E-state index contributed by atoms with van der Waals surface area (Å²) in [6, 6.07) is 9.78. The van der Waals surface area contributed by atoms with Crippen LogP contribution in [0.2, 0.25) is 0 Å². The Morgan fingerprint density at radius 3 is 2.70 bits per heavy atom. The van der Waals surface area contributed by atoms with Crippen LogP contribution in [0, 0.1) is 5.82 Å². The summed E-state index contributed by atoms with van der Waals surface area (Å²) < 4.78 is 19.8. The Hall–Kier alpha value is -2.80. The third-order valence-corrected chi connectivity index (χ3v) is 4.82. The van der Waals surface area contributed by atoms with Crippen molar-refractivity contribution in [1.82, 2.24) is 9.55 Å². The maximum atomic E-state index is 13.0. The molecule has 0 saturated carbocycles. The molecule has 0 aliphatic carbocycles. The van der Waals surface area contributed by atoms with Gasteiger partial charge in [-0.3, -0.25) is 9.59 Å². The van der Waals surface area contributed by atoms with Crippen molar-refractivity contribution in [2.75, 3.05) is 6.61 Å². The number of esters is 1. The Bertz CT molecular complexity index is 931. The summed E-state index contributed by atoms with van der Waals surface area (Å²) in [5.74, 6) is -0.669. The van der Waals surface area contributed by atoms with Gasteiger partial charge in [0, 0.05) is 18.1 Å². The van der Waals surface area contributed by atoms with E-state index < -0.39 is 0 Å². The van der Waals surface area contributed by atoms with Gasteiger partial charge in [0.15, 0.2) is 5.78 Å². The first-order valence-corrected chi connectivity index (χ1v) is 9.45. The van der Waals surface area contributed by atoms with Gasteiger partial charge >= 0.3 is 5.97 Å². The molecule has 27 heavy (non-hydrogen) atoms. The predicted molar refractivity (Wildman–Crippen MR) is 100 cm³/mol. The van der Waals surface area contributed by atoms with Gasteiger partial charge in [-0.15, -0.1) is 11.3 Å². The molecule has 0 amide bonds. The number of rotatable bonds is 8. The van der Waals surface area contributed by atoms with Gasteiger partial charge < -0.3 is 9.30 Å². The quantitative estimate of drug-likeness (QED) is 0.438. The largest absolute Gasteiger partial charge is 0.466 e. The second-order valence-corrected chi connectivity index (χ2v) is 6.90. The number of Topliss-reactive ketones (excluding diaryl/α,β-unsaturated/α-hetero) is 1. The molecule has 0 fully saturated rings. The van der Waals surface area contributed by atoms with Crippen molar-refractivity contribution in [3.63, 3.8) is 0 Å². The fraction of sp³-hybridized carbons (Fsp3) is 0.250. The van der Waals surface area contributed by atoms with Crippen LogP contribution in [0.4, 0.5) is 4.39 Å². The van der Waals surface area contributed by atoms with Crippen molar-refractivity contribution in [3.05, 3.63) is 75.8 Å². The van der Waals surface area contributed by atoms with E-state index in [1.54, 1.807) is 30.5 Å². The van der Waals surface area contributed by atoms with Crippen molar-refractivity contribution < 1.29 is 18.7 Å². The van der Waals surface area contributed by atoms with Crippen LogP contribution in [-0.4, -0.2) is 27.9 Å². The van der Waals surface area contributed by atoms with Crippen molar-refractivity contribution >= 4 is 23.1 Å². The van der Waals surface area contributed by atoms with Crippen LogP contribution in [0.5, 0.6) is 0 Å². The van der Waals surface area contributed by atoms with Gasteiger partial charge in [0.2, 0.25) is 0 Å². The van der Waals surface area contributed by atoms with E-state index >= 15 is 0 Å². The number of ether oxygens (including phenoxy) is 1. The highest BCUT2D eigenvalue weighted by Gasteiger charge is 2.15. The Kier molecular flexibility index (Phi) is 6.13. The highest BCUT2D eigenvalue weighted by molar-refractivity contribution is 7.09. The zero-order valence-corrected chi connectivity index (χ0v) is 15.7. The van der Waals surface area contributed by atoms with Crippen LogP contribution in [0.25, 0.3) is 0 Å². The summed E-state index contributed by atoms with van der Waals surface area (Å²) in [7, 11) is 0. The lowest BCUT2D eigenvalue weighted by atomic mass is 10.2. The number of halogens is 1. The maximum Gasteiger partial charge on any atom is 0.311 e. The number of carbonyl (C=O) groups is 2. The molecule has 5 nitrogen and oxygen atoms in total. The molecular weight excluding hydrogens is 367 g/mol. The Morgan fingerprint density at radius 2 is 1.96 bits per heavy atom. The average molecular weight is 386 g/mol. The smallest absolute Gasteiger partial charge is 0.311 e. The van der Waals surface area contributed by atoms with Crippen LogP contribution < -0.4 is 0 Å². The number of ketones is 1. The first-order chi connectivity index (χ1) is 13.0. The minimum atomic E-state index is -0.325. The number of nitrogens with zero attached hydrogens (tertiary/aromatic N) is 2. The molecule has 0 aliphatic rings.